The first-order valence-corrected chi connectivity index (χ1v) is 5.83. The molecule has 2 rings (SSSR count). The molecule has 0 spiro atoms. The largest absolute Gasteiger partial charge is 0.491 e. The van der Waals surface area contributed by atoms with Crippen LogP contribution in [0.25, 0.3) is 0 Å². The summed E-state index contributed by atoms with van der Waals surface area (Å²) in [5.41, 5.74) is 0.796. The smallest absolute Gasteiger partial charge is 0.335 e. The van der Waals surface area contributed by atoms with Gasteiger partial charge in [-0.15, -0.1) is 0 Å². The third kappa shape index (κ3) is 2.16. The van der Waals surface area contributed by atoms with Gasteiger partial charge in [0.2, 0.25) is 5.91 Å². The van der Waals surface area contributed by atoms with Crippen LogP contribution in [0.1, 0.15) is 30.6 Å². The van der Waals surface area contributed by atoms with Gasteiger partial charge in [0.05, 0.1) is 24.3 Å². The lowest BCUT2D eigenvalue weighted by Crippen LogP contribution is -2.36. The van der Waals surface area contributed by atoms with Gasteiger partial charge >= 0.3 is 5.97 Å². The number of rotatable bonds is 2. The molecule has 0 unspecified atom stereocenters. The van der Waals surface area contributed by atoms with Crippen LogP contribution in [0, 0.1) is 0 Å². The standard InChI is InChI=1S/C13H15NO4/c1-8(2)14-10-4-3-9(13(16)17)7-11(10)18-6-5-12(14)15/h3-4,7-8H,5-6H2,1-2H3,(H,16,17). The Hall–Kier alpha value is -2.04. The Kier molecular flexibility index (Phi) is 3.23. The zero-order valence-corrected chi connectivity index (χ0v) is 10.3. The van der Waals surface area contributed by atoms with Crippen LogP contribution in [0.2, 0.25) is 0 Å². The molecular formula is C13H15NO4. The minimum Gasteiger partial charge on any atom is -0.491 e. The molecule has 0 bridgehead atoms. The van der Waals surface area contributed by atoms with Crippen molar-refractivity contribution in [3.8, 4) is 5.75 Å². The van der Waals surface area contributed by atoms with E-state index in [4.69, 9.17) is 9.84 Å². The molecule has 1 heterocycles. The number of hydrogen-bond acceptors (Lipinski definition) is 3. The van der Waals surface area contributed by atoms with E-state index >= 15 is 0 Å². The maximum atomic E-state index is 12.0. The number of carbonyl (C=O) groups is 2. The third-order valence-corrected chi connectivity index (χ3v) is 2.82. The highest BCUT2D eigenvalue weighted by Gasteiger charge is 2.26. The molecule has 0 atom stereocenters. The summed E-state index contributed by atoms with van der Waals surface area (Å²) in [6, 6.07) is 4.58. The van der Waals surface area contributed by atoms with Crippen molar-refractivity contribution in [1.29, 1.82) is 0 Å². The highest BCUT2D eigenvalue weighted by Crippen LogP contribution is 2.33. The molecule has 0 saturated heterocycles. The van der Waals surface area contributed by atoms with E-state index in [1.807, 2.05) is 13.8 Å². The molecule has 0 aromatic heterocycles. The quantitative estimate of drug-likeness (QED) is 0.869. The van der Waals surface area contributed by atoms with Crippen LogP contribution in [0.3, 0.4) is 0 Å². The molecule has 0 aliphatic carbocycles. The summed E-state index contributed by atoms with van der Waals surface area (Å²) >= 11 is 0. The zero-order valence-electron chi connectivity index (χ0n) is 10.3. The molecule has 1 amide bonds. The zero-order chi connectivity index (χ0) is 13.3. The Labute approximate surface area is 105 Å². The van der Waals surface area contributed by atoms with Crippen molar-refractivity contribution >= 4 is 17.6 Å². The minimum absolute atomic E-state index is 0.00757. The number of benzene rings is 1. The van der Waals surface area contributed by atoms with E-state index in [9.17, 15) is 9.59 Å². The molecule has 18 heavy (non-hydrogen) atoms. The number of carbonyl (C=O) groups excluding carboxylic acids is 1. The fraction of sp³-hybridized carbons (Fsp3) is 0.385. The summed E-state index contributed by atoms with van der Waals surface area (Å²) in [7, 11) is 0. The van der Waals surface area contributed by atoms with Gasteiger partial charge in [0.25, 0.3) is 0 Å². The topological polar surface area (TPSA) is 66.8 Å². The van der Waals surface area contributed by atoms with Gasteiger partial charge in [-0.2, -0.15) is 0 Å². The number of carboxylic acids is 1. The number of nitrogens with zero attached hydrogens (tertiary/aromatic N) is 1. The maximum Gasteiger partial charge on any atom is 0.335 e. The van der Waals surface area contributed by atoms with Crippen molar-refractivity contribution in [2.45, 2.75) is 26.3 Å². The van der Waals surface area contributed by atoms with Crippen LogP contribution < -0.4 is 9.64 Å². The monoisotopic (exact) mass is 249 g/mol. The Morgan fingerprint density at radius 3 is 2.78 bits per heavy atom. The number of carboxylic acid groups (broad SMARTS) is 1. The van der Waals surface area contributed by atoms with Gasteiger partial charge in [0, 0.05) is 6.04 Å². The number of anilines is 1. The Balaban J connectivity index is 2.50. The van der Waals surface area contributed by atoms with Crippen molar-refractivity contribution in [2.24, 2.45) is 0 Å². The van der Waals surface area contributed by atoms with Gasteiger partial charge in [-0.25, -0.2) is 4.79 Å². The van der Waals surface area contributed by atoms with Gasteiger partial charge in [-0.05, 0) is 32.0 Å². The van der Waals surface area contributed by atoms with Crippen molar-refractivity contribution in [1.82, 2.24) is 0 Å². The summed E-state index contributed by atoms with van der Waals surface area (Å²) in [5, 5.41) is 8.95. The van der Waals surface area contributed by atoms with Crippen molar-refractivity contribution < 1.29 is 19.4 Å². The second-order valence-corrected chi connectivity index (χ2v) is 4.44. The molecule has 0 saturated carbocycles. The van der Waals surface area contributed by atoms with Gasteiger partial charge in [-0.3, -0.25) is 4.79 Å². The average Bonchev–Trinajstić information content (AvgIpc) is 2.45. The van der Waals surface area contributed by atoms with Crippen LogP contribution in [-0.4, -0.2) is 29.6 Å². The highest BCUT2D eigenvalue weighted by molar-refractivity contribution is 5.97. The number of ether oxygens (including phenoxy) is 1. The van der Waals surface area contributed by atoms with E-state index in [0.29, 0.717) is 17.9 Å². The van der Waals surface area contributed by atoms with Crippen LogP contribution in [-0.2, 0) is 4.79 Å². The SMILES string of the molecule is CC(C)N1C(=O)CCOc2cc(C(=O)O)ccc21. The molecule has 0 radical (unpaired) electrons. The van der Waals surface area contributed by atoms with Crippen molar-refractivity contribution in [2.75, 3.05) is 11.5 Å². The molecule has 96 valence electrons. The van der Waals surface area contributed by atoms with E-state index in [-0.39, 0.29) is 24.1 Å². The first-order chi connectivity index (χ1) is 8.50. The van der Waals surface area contributed by atoms with E-state index in [1.54, 1.807) is 11.0 Å². The molecule has 5 heteroatoms. The first kappa shape index (κ1) is 12.4. The third-order valence-electron chi connectivity index (χ3n) is 2.82. The summed E-state index contributed by atoms with van der Waals surface area (Å²) in [6.07, 6.45) is 0.301. The Morgan fingerprint density at radius 2 is 2.17 bits per heavy atom. The van der Waals surface area contributed by atoms with Crippen LogP contribution >= 0.6 is 0 Å². The number of amides is 1. The predicted molar refractivity (Wildman–Crippen MR) is 66.1 cm³/mol. The van der Waals surface area contributed by atoms with E-state index in [1.165, 1.54) is 12.1 Å². The molecule has 5 nitrogen and oxygen atoms in total. The van der Waals surface area contributed by atoms with Crippen LogP contribution in [0.15, 0.2) is 18.2 Å². The van der Waals surface area contributed by atoms with Gasteiger partial charge in [-0.1, -0.05) is 0 Å². The molecule has 0 fully saturated rings. The fourth-order valence-corrected chi connectivity index (χ4v) is 2.03. The van der Waals surface area contributed by atoms with Gasteiger partial charge < -0.3 is 14.7 Å². The fourth-order valence-electron chi connectivity index (χ4n) is 2.03. The van der Waals surface area contributed by atoms with E-state index in [2.05, 4.69) is 0 Å². The highest BCUT2D eigenvalue weighted by atomic mass is 16.5. The molecule has 1 aromatic carbocycles. The minimum atomic E-state index is -1.01. The van der Waals surface area contributed by atoms with Crippen molar-refractivity contribution in [3.63, 3.8) is 0 Å². The van der Waals surface area contributed by atoms with Gasteiger partial charge in [0.1, 0.15) is 5.75 Å². The lowest BCUT2D eigenvalue weighted by molar-refractivity contribution is -0.119. The molecule has 1 aliphatic rings. The second kappa shape index (κ2) is 4.68. The number of hydrogen-bond donors (Lipinski definition) is 1. The number of aromatic carboxylic acids is 1. The van der Waals surface area contributed by atoms with E-state index in [0.717, 1.165) is 0 Å². The van der Waals surface area contributed by atoms with Gasteiger partial charge in [0.15, 0.2) is 0 Å². The summed E-state index contributed by atoms with van der Waals surface area (Å²) in [4.78, 5) is 24.5. The Bertz CT molecular complexity index is 496. The van der Waals surface area contributed by atoms with E-state index < -0.39 is 5.97 Å². The molecule has 1 aliphatic heterocycles. The lowest BCUT2D eigenvalue weighted by Gasteiger charge is -2.26. The maximum absolute atomic E-state index is 12.0. The summed E-state index contributed by atoms with van der Waals surface area (Å²) < 4.78 is 5.46. The lowest BCUT2D eigenvalue weighted by atomic mass is 10.1. The number of fused-ring (bicyclic) bond motifs is 1. The van der Waals surface area contributed by atoms with Crippen LogP contribution in [0.4, 0.5) is 5.69 Å². The summed E-state index contributed by atoms with van der Waals surface area (Å²) in [5.74, 6) is -0.561. The van der Waals surface area contributed by atoms with Crippen molar-refractivity contribution in [3.05, 3.63) is 23.8 Å². The second-order valence-electron chi connectivity index (χ2n) is 4.44. The summed E-state index contributed by atoms with van der Waals surface area (Å²) in [6.45, 7) is 4.11. The normalized spacial score (nSPS) is 15.1. The average molecular weight is 249 g/mol. The first-order valence-electron chi connectivity index (χ1n) is 5.83. The molecule has 1 N–H and O–H groups in total. The molecular weight excluding hydrogens is 234 g/mol. The molecule has 1 aromatic rings. The predicted octanol–water partition coefficient (Wildman–Crippen LogP) is 1.91. The Morgan fingerprint density at radius 1 is 1.44 bits per heavy atom. The van der Waals surface area contributed by atoms with Crippen LogP contribution in [0.5, 0.6) is 5.75 Å².